The molecule has 18 heavy (non-hydrogen) atoms. The first-order valence-corrected chi connectivity index (χ1v) is 7.38. The summed E-state index contributed by atoms with van der Waals surface area (Å²) >= 11 is 5.14. The van der Waals surface area contributed by atoms with E-state index in [2.05, 4.69) is 15.9 Å². The molecule has 0 amide bonds. The van der Waals surface area contributed by atoms with Crippen molar-refractivity contribution in [3.63, 3.8) is 0 Å². The molecule has 0 saturated heterocycles. The highest BCUT2D eigenvalue weighted by Gasteiger charge is 2.11. The van der Waals surface area contributed by atoms with Gasteiger partial charge in [-0.05, 0) is 34.1 Å². The number of halogens is 1. The summed E-state index contributed by atoms with van der Waals surface area (Å²) in [7, 11) is 0. The molecule has 0 atom stereocenters. The summed E-state index contributed by atoms with van der Waals surface area (Å²) in [5, 5.41) is 0. The van der Waals surface area contributed by atoms with Crippen LogP contribution < -0.4 is 0 Å². The van der Waals surface area contributed by atoms with Gasteiger partial charge in [-0.3, -0.25) is 4.79 Å². The van der Waals surface area contributed by atoms with Gasteiger partial charge in [0.15, 0.2) is 5.78 Å². The maximum atomic E-state index is 11.9. The van der Waals surface area contributed by atoms with Crippen molar-refractivity contribution >= 4 is 33.5 Å². The fraction of sp³-hybridized carbons (Fsp3) is 0.133. The Morgan fingerprint density at radius 3 is 2.33 bits per heavy atom. The van der Waals surface area contributed by atoms with E-state index >= 15 is 0 Å². The molecule has 0 aromatic heterocycles. The van der Waals surface area contributed by atoms with Gasteiger partial charge in [-0.1, -0.05) is 49.0 Å². The zero-order valence-electron chi connectivity index (χ0n) is 10.0. The van der Waals surface area contributed by atoms with Crippen LogP contribution in [0.25, 0.3) is 0 Å². The fourth-order valence-electron chi connectivity index (χ4n) is 1.62. The van der Waals surface area contributed by atoms with Gasteiger partial charge < -0.3 is 0 Å². The Hall–Kier alpha value is -1.06. The Morgan fingerprint density at radius 2 is 1.67 bits per heavy atom. The molecule has 2 aromatic carbocycles. The number of hydrogen-bond donors (Lipinski definition) is 0. The first kappa shape index (κ1) is 13.4. The zero-order chi connectivity index (χ0) is 13.0. The average Bonchev–Trinajstić information content (AvgIpc) is 2.41. The lowest BCUT2D eigenvalue weighted by molar-refractivity contribution is 0.0985. The summed E-state index contributed by atoms with van der Waals surface area (Å²) in [5.41, 5.74) is 0.806. The van der Waals surface area contributed by atoms with Crippen molar-refractivity contribution < 1.29 is 4.79 Å². The van der Waals surface area contributed by atoms with Crippen LogP contribution in [0.1, 0.15) is 23.7 Å². The van der Waals surface area contributed by atoms with Crippen LogP contribution in [-0.2, 0) is 0 Å². The molecule has 0 aliphatic heterocycles. The van der Waals surface area contributed by atoms with E-state index in [-0.39, 0.29) is 5.78 Å². The van der Waals surface area contributed by atoms with Gasteiger partial charge in [-0.15, -0.1) is 0 Å². The summed E-state index contributed by atoms with van der Waals surface area (Å²) < 4.78 is 1.05. The van der Waals surface area contributed by atoms with E-state index < -0.39 is 0 Å². The summed E-state index contributed by atoms with van der Waals surface area (Å²) in [4.78, 5) is 14.0. The predicted molar refractivity (Wildman–Crippen MR) is 79.3 cm³/mol. The molecule has 2 rings (SSSR count). The third kappa shape index (κ3) is 3.03. The molecule has 92 valence electrons. The molecule has 0 heterocycles. The van der Waals surface area contributed by atoms with Crippen molar-refractivity contribution in [2.75, 3.05) is 0 Å². The first-order valence-electron chi connectivity index (χ1n) is 5.77. The summed E-state index contributed by atoms with van der Waals surface area (Å²) in [6, 6.07) is 15.8. The molecule has 0 bridgehead atoms. The molecule has 0 N–H and O–H groups in total. The van der Waals surface area contributed by atoms with Gasteiger partial charge in [0.1, 0.15) is 0 Å². The third-order valence-electron chi connectivity index (χ3n) is 2.57. The minimum Gasteiger partial charge on any atom is -0.294 e. The molecule has 1 nitrogen and oxygen atoms in total. The van der Waals surface area contributed by atoms with E-state index in [9.17, 15) is 4.79 Å². The normalized spacial score (nSPS) is 10.3. The molecule has 0 aliphatic rings. The van der Waals surface area contributed by atoms with Gasteiger partial charge in [0, 0.05) is 26.2 Å². The number of ketones is 1. The van der Waals surface area contributed by atoms with E-state index in [4.69, 9.17) is 0 Å². The molecule has 0 unspecified atom stereocenters. The Kier molecular flexibility index (Phi) is 4.61. The second-order valence-electron chi connectivity index (χ2n) is 3.81. The fourth-order valence-corrected chi connectivity index (χ4v) is 3.14. The van der Waals surface area contributed by atoms with E-state index in [1.807, 2.05) is 55.5 Å². The van der Waals surface area contributed by atoms with Gasteiger partial charge in [-0.25, -0.2) is 0 Å². The van der Waals surface area contributed by atoms with E-state index in [0.29, 0.717) is 6.42 Å². The van der Waals surface area contributed by atoms with Crippen molar-refractivity contribution in [2.45, 2.75) is 23.1 Å². The summed E-state index contributed by atoms with van der Waals surface area (Å²) in [6.45, 7) is 1.89. The Bertz CT molecular complexity index is 566. The van der Waals surface area contributed by atoms with Gasteiger partial charge in [0.05, 0.1) is 0 Å². The van der Waals surface area contributed by atoms with Gasteiger partial charge in [0.2, 0.25) is 0 Å². The van der Waals surface area contributed by atoms with Gasteiger partial charge in [-0.2, -0.15) is 0 Å². The largest absolute Gasteiger partial charge is 0.294 e. The average molecular weight is 321 g/mol. The van der Waals surface area contributed by atoms with Crippen molar-refractivity contribution in [3.8, 4) is 0 Å². The molecule has 0 fully saturated rings. The minimum atomic E-state index is 0.185. The lowest BCUT2D eigenvalue weighted by Crippen LogP contribution is -1.98. The molecular formula is C15H13BrOS. The van der Waals surface area contributed by atoms with Gasteiger partial charge in [0.25, 0.3) is 0 Å². The Morgan fingerprint density at radius 1 is 1.06 bits per heavy atom. The minimum absolute atomic E-state index is 0.185. The highest BCUT2D eigenvalue weighted by molar-refractivity contribution is 9.10. The lowest BCUT2D eigenvalue weighted by Gasteiger charge is -2.08. The number of Topliss-reactive ketones (excluding diaryl/α,β-unsaturated/α-hetero) is 1. The van der Waals surface area contributed by atoms with E-state index in [1.165, 1.54) is 0 Å². The smallest absolute Gasteiger partial charge is 0.163 e. The number of rotatable bonds is 4. The van der Waals surface area contributed by atoms with Crippen LogP contribution in [0.5, 0.6) is 0 Å². The second-order valence-corrected chi connectivity index (χ2v) is 5.74. The summed E-state index contributed by atoms with van der Waals surface area (Å²) in [5.74, 6) is 0.185. The van der Waals surface area contributed by atoms with Gasteiger partial charge >= 0.3 is 0 Å². The zero-order valence-corrected chi connectivity index (χ0v) is 12.4. The number of hydrogen-bond acceptors (Lipinski definition) is 2. The highest BCUT2D eigenvalue weighted by Crippen LogP contribution is 2.35. The number of carbonyl (C=O) groups is 1. The molecule has 2 aromatic rings. The molecule has 0 aliphatic carbocycles. The van der Waals surface area contributed by atoms with Crippen molar-refractivity contribution in [1.29, 1.82) is 0 Å². The maximum absolute atomic E-state index is 11.9. The van der Waals surface area contributed by atoms with E-state index in [1.54, 1.807) is 11.8 Å². The SMILES string of the molecule is CCC(=O)c1ccccc1Sc1ccccc1Br. The van der Waals surface area contributed by atoms with Crippen LogP contribution in [0.3, 0.4) is 0 Å². The second kappa shape index (κ2) is 6.21. The Balaban J connectivity index is 2.35. The van der Waals surface area contributed by atoms with Crippen LogP contribution in [0.4, 0.5) is 0 Å². The van der Waals surface area contributed by atoms with Crippen LogP contribution in [-0.4, -0.2) is 5.78 Å². The molecule has 3 heteroatoms. The van der Waals surface area contributed by atoms with Crippen LogP contribution in [0, 0.1) is 0 Å². The number of carbonyl (C=O) groups excluding carboxylic acids is 1. The van der Waals surface area contributed by atoms with Crippen molar-refractivity contribution in [3.05, 3.63) is 58.6 Å². The molecule has 0 saturated carbocycles. The third-order valence-corrected chi connectivity index (χ3v) is 4.67. The first-order chi connectivity index (χ1) is 8.72. The maximum Gasteiger partial charge on any atom is 0.163 e. The molecular weight excluding hydrogens is 308 g/mol. The lowest BCUT2D eigenvalue weighted by atomic mass is 10.1. The van der Waals surface area contributed by atoms with Crippen molar-refractivity contribution in [2.24, 2.45) is 0 Å². The standard InChI is InChI=1S/C15H13BrOS/c1-2-13(17)11-7-3-5-9-14(11)18-15-10-6-4-8-12(15)16/h3-10H,2H2,1H3. The Labute approximate surface area is 120 Å². The van der Waals surface area contributed by atoms with Crippen LogP contribution in [0.15, 0.2) is 62.8 Å². The van der Waals surface area contributed by atoms with Crippen molar-refractivity contribution in [1.82, 2.24) is 0 Å². The highest BCUT2D eigenvalue weighted by atomic mass is 79.9. The van der Waals surface area contributed by atoms with E-state index in [0.717, 1.165) is 19.8 Å². The van der Waals surface area contributed by atoms with Crippen LogP contribution >= 0.6 is 27.7 Å². The molecule has 0 spiro atoms. The predicted octanol–water partition coefficient (Wildman–Crippen LogP) is 5.19. The quantitative estimate of drug-likeness (QED) is 0.721. The number of benzene rings is 2. The monoisotopic (exact) mass is 320 g/mol. The topological polar surface area (TPSA) is 17.1 Å². The molecule has 0 radical (unpaired) electrons. The summed E-state index contributed by atoms with van der Waals surface area (Å²) in [6.07, 6.45) is 0.535. The van der Waals surface area contributed by atoms with Crippen LogP contribution in [0.2, 0.25) is 0 Å².